The summed E-state index contributed by atoms with van der Waals surface area (Å²) in [7, 11) is 3.59. The highest BCUT2D eigenvalue weighted by Gasteiger charge is 2.22. The molecular formula is C16H18N4O. The summed E-state index contributed by atoms with van der Waals surface area (Å²) in [5, 5.41) is 5.71. The van der Waals surface area contributed by atoms with E-state index < -0.39 is 0 Å². The van der Waals surface area contributed by atoms with Gasteiger partial charge >= 0.3 is 0 Å². The molecule has 21 heavy (non-hydrogen) atoms. The lowest BCUT2D eigenvalue weighted by Crippen LogP contribution is -2.29. The lowest BCUT2D eigenvalue weighted by atomic mass is 10.0. The van der Waals surface area contributed by atoms with Gasteiger partial charge in [-0.3, -0.25) is 10.5 Å². The van der Waals surface area contributed by atoms with Crippen LogP contribution in [0.1, 0.15) is 17.3 Å². The second kappa shape index (κ2) is 5.55. The number of rotatable bonds is 4. The average Bonchev–Trinajstić information content (AvgIpc) is 2.86. The van der Waals surface area contributed by atoms with Crippen LogP contribution in [0.3, 0.4) is 0 Å². The van der Waals surface area contributed by atoms with Gasteiger partial charge in [-0.25, -0.2) is 5.43 Å². The van der Waals surface area contributed by atoms with E-state index in [0.717, 1.165) is 27.9 Å². The number of hydrazine groups is 1. The van der Waals surface area contributed by atoms with Gasteiger partial charge < -0.3 is 4.74 Å². The maximum atomic E-state index is 5.81. The van der Waals surface area contributed by atoms with E-state index >= 15 is 0 Å². The highest BCUT2D eigenvalue weighted by atomic mass is 16.5. The van der Waals surface area contributed by atoms with Crippen molar-refractivity contribution in [1.82, 2.24) is 15.2 Å². The number of hydrogen-bond acceptors (Lipinski definition) is 4. The summed E-state index contributed by atoms with van der Waals surface area (Å²) in [6, 6.07) is 15.7. The Labute approximate surface area is 123 Å². The zero-order valence-corrected chi connectivity index (χ0v) is 12.1. The number of methoxy groups -OCH3 is 1. The Hall–Kier alpha value is -2.37. The first kappa shape index (κ1) is 13.6. The maximum absolute atomic E-state index is 5.81. The number of benzene rings is 2. The van der Waals surface area contributed by atoms with Gasteiger partial charge in [-0.15, -0.1) is 0 Å². The van der Waals surface area contributed by atoms with Crippen molar-refractivity contribution in [2.75, 3.05) is 7.11 Å². The summed E-state index contributed by atoms with van der Waals surface area (Å²) in [4.78, 5) is 0. The second-order valence-corrected chi connectivity index (χ2v) is 4.87. The molecule has 0 amide bonds. The summed E-state index contributed by atoms with van der Waals surface area (Å²) in [5.41, 5.74) is 5.78. The minimum Gasteiger partial charge on any atom is -0.496 e. The van der Waals surface area contributed by atoms with E-state index in [1.165, 1.54) is 0 Å². The van der Waals surface area contributed by atoms with E-state index in [4.69, 9.17) is 10.6 Å². The third kappa shape index (κ3) is 2.26. The van der Waals surface area contributed by atoms with Gasteiger partial charge in [0.05, 0.1) is 24.4 Å². The van der Waals surface area contributed by atoms with Crippen LogP contribution in [0.4, 0.5) is 0 Å². The Morgan fingerprint density at radius 2 is 1.86 bits per heavy atom. The third-order valence-electron chi connectivity index (χ3n) is 3.68. The van der Waals surface area contributed by atoms with Gasteiger partial charge in [0.1, 0.15) is 5.75 Å². The summed E-state index contributed by atoms with van der Waals surface area (Å²) >= 11 is 0. The lowest BCUT2D eigenvalue weighted by molar-refractivity contribution is 0.403. The molecular weight excluding hydrogens is 264 g/mol. The number of hydrogen-bond donors (Lipinski definition) is 2. The smallest absolute Gasteiger partial charge is 0.124 e. The Kier molecular flexibility index (Phi) is 3.60. The van der Waals surface area contributed by atoms with Crippen LogP contribution in [0.5, 0.6) is 5.75 Å². The first-order valence-electron chi connectivity index (χ1n) is 6.77. The highest BCUT2D eigenvalue weighted by molar-refractivity contribution is 5.82. The minimum atomic E-state index is -0.229. The lowest BCUT2D eigenvalue weighted by Gasteiger charge is -2.17. The first-order chi connectivity index (χ1) is 10.3. The topological polar surface area (TPSA) is 65.1 Å². The van der Waals surface area contributed by atoms with Crippen LogP contribution in [0, 0.1) is 0 Å². The predicted octanol–water partition coefficient (Wildman–Crippen LogP) is 2.13. The Morgan fingerprint density at radius 1 is 1.14 bits per heavy atom. The van der Waals surface area contributed by atoms with E-state index in [2.05, 4.69) is 16.6 Å². The number of aromatic nitrogens is 2. The number of nitrogens with two attached hydrogens (primary N) is 1. The van der Waals surface area contributed by atoms with E-state index in [-0.39, 0.29) is 6.04 Å². The quantitative estimate of drug-likeness (QED) is 0.568. The standard InChI is InChI=1S/C16H18N4O/c1-20-13-9-5-3-7-11(13)16(19-20)15(18-17)12-8-4-6-10-14(12)21-2/h3-10,15,18H,17H2,1-2H3. The number of nitrogens with one attached hydrogen (secondary N) is 1. The van der Waals surface area contributed by atoms with Crippen molar-refractivity contribution in [1.29, 1.82) is 0 Å². The fraction of sp³-hybridized carbons (Fsp3) is 0.188. The fourth-order valence-corrected chi connectivity index (χ4v) is 2.68. The monoisotopic (exact) mass is 282 g/mol. The van der Waals surface area contributed by atoms with Crippen molar-refractivity contribution < 1.29 is 4.74 Å². The molecule has 1 heterocycles. The van der Waals surface area contributed by atoms with Crippen LogP contribution in [0.2, 0.25) is 0 Å². The molecule has 1 aromatic heterocycles. The Morgan fingerprint density at radius 3 is 2.62 bits per heavy atom. The van der Waals surface area contributed by atoms with Gasteiger partial charge in [0.2, 0.25) is 0 Å². The molecule has 108 valence electrons. The molecule has 0 radical (unpaired) electrons. The molecule has 2 aromatic carbocycles. The largest absolute Gasteiger partial charge is 0.496 e. The molecule has 0 aliphatic rings. The SMILES string of the molecule is COc1ccccc1C(NN)c1nn(C)c2ccccc12. The van der Waals surface area contributed by atoms with Crippen molar-refractivity contribution in [2.24, 2.45) is 12.9 Å². The van der Waals surface area contributed by atoms with Gasteiger partial charge in [-0.2, -0.15) is 5.10 Å². The van der Waals surface area contributed by atoms with Crippen LogP contribution < -0.4 is 16.0 Å². The molecule has 0 fully saturated rings. The molecule has 3 N–H and O–H groups in total. The molecule has 0 saturated carbocycles. The minimum absolute atomic E-state index is 0.229. The van der Waals surface area contributed by atoms with Crippen molar-refractivity contribution in [3.05, 3.63) is 59.8 Å². The molecule has 3 rings (SSSR count). The Bertz CT molecular complexity index is 766. The van der Waals surface area contributed by atoms with Crippen LogP contribution in [0.15, 0.2) is 48.5 Å². The third-order valence-corrected chi connectivity index (χ3v) is 3.68. The number of nitrogens with zero attached hydrogens (tertiary/aromatic N) is 2. The maximum Gasteiger partial charge on any atom is 0.124 e. The molecule has 1 unspecified atom stereocenters. The van der Waals surface area contributed by atoms with E-state index in [9.17, 15) is 0 Å². The molecule has 1 atom stereocenters. The van der Waals surface area contributed by atoms with E-state index in [0.29, 0.717) is 0 Å². The van der Waals surface area contributed by atoms with Gasteiger partial charge in [0.25, 0.3) is 0 Å². The fourth-order valence-electron chi connectivity index (χ4n) is 2.68. The highest BCUT2D eigenvalue weighted by Crippen LogP contribution is 2.32. The van der Waals surface area contributed by atoms with Gasteiger partial charge in [-0.05, 0) is 12.1 Å². The summed E-state index contributed by atoms with van der Waals surface area (Å²) in [6.07, 6.45) is 0. The molecule has 5 heteroatoms. The molecule has 0 bridgehead atoms. The molecule has 0 aliphatic carbocycles. The second-order valence-electron chi connectivity index (χ2n) is 4.87. The molecule has 5 nitrogen and oxygen atoms in total. The molecule has 3 aromatic rings. The van der Waals surface area contributed by atoms with E-state index in [1.54, 1.807) is 7.11 Å². The average molecular weight is 282 g/mol. The normalized spacial score (nSPS) is 12.5. The number of fused-ring (bicyclic) bond motifs is 1. The van der Waals surface area contributed by atoms with Crippen LogP contribution in [-0.2, 0) is 7.05 Å². The van der Waals surface area contributed by atoms with Gasteiger partial charge in [0, 0.05) is 18.0 Å². The van der Waals surface area contributed by atoms with Gasteiger partial charge in [-0.1, -0.05) is 36.4 Å². The summed E-state index contributed by atoms with van der Waals surface area (Å²) in [6.45, 7) is 0. The van der Waals surface area contributed by atoms with Crippen molar-refractivity contribution >= 4 is 10.9 Å². The molecule has 0 spiro atoms. The van der Waals surface area contributed by atoms with Crippen molar-refractivity contribution in [2.45, 2.75) is 6.04 Å². The van der Waals surface area contributed by atoms with E-state index in [1.807, 2.05) is 54.2 Å². The number of aryl methyl sites for hydroxylation is 1. The predicted molar refractivity (Wildman–Crippen MR) is 82.9 cm³/mol. The molecule has 0 saturated heterocycles. The van der Waals surface area contributed by atoms with Crippen molar-refractivity contribution in [3.8, 4) is 5.75 Å². The zero-order valence-electron chi connectivity index (χ0n) is 12.1. The number of para-hydroxylation sites is 2. The number of ether oxygens (including phenoxy) is 1. The van der Waals surface area contributed by atoms with Crippen LogP contribution >= 0.6 is 0 Å². The van der Waals surface area contributed by atoms with Gasteiger partial charge in [0.15, 0.2) is 0 Å². The molecule has 0 aliphatic heterocycles. The summed E-state index contributed by atoms with van der Waals surface area (Å²) in [5.74, 6) is 6.59. The first-order valence-corrected chi connectivity index (χ1v) is 6.77. The van der Waals surface area contributed by atoms with Crippen LogP contribution in [-0.4, -0.2) is 16.9 Å². The zero-order chi connectivity index (χ0) is 14.8. The summed E-state index contributed by atoms with van der Waals surface area (Å²) < 4.78 is 7.30. The van der Waals surface area contributed by atoms with Crippen LogP contribution in [0.25, 0.3) is 10.9 Å². The Balaban J connectivity index is 2.19. The van der Waals surface area contributed by atoms with Crippen molar-refractivity contribution in [3.63, 3.8) is 0 Å².